The van der Waals surface area contributed by atoms with Crippen LogP contribution >= 0.6 is 0 Å². The summed E-state index contributed by atoms with van der Waals surface area (Å²) in [5.74, 6) is 0. The van der Waals surface area contributed by atoms with E-state index in [2.05, 4.69) is 4.40 Å². The van der Waals surface area contributed by atoms with Gasteiger partial charge in [0.05, 0.1) is 10.6 Å². The molecule has 1 heterocycles. The summed E-state index contributed by atoms with van der Waals surface area (Å²) < 4.78 is 27.3. The van der Waals surface area contributed by atoms with Crippen LogP contribution in [0.3, 0.4) is 0 Å². The third kappa shape index (κ3) is 1.59. The number of rotatable bonds is 0. The van der Waals surface area contributed by atoms with Crippen molar-refractivity contribution < 1.29 is 8.42 Å². The maximum absolute atomic E-state index is 11.7. The van der Waals surface area contributed by atoms with Gasteiger partial charge in [-0.2, -0.15) is 12.8 Å². The zero-order valence-electron chi connectivity index (χ0n) is 8.98. The van der Waals surface area contributed by atoms with Gasteiger partial charge < -0.3 is 0 Å². The molecule has 1 aliphatic rings. The molecular formula is C11H13NO2S. The second kappa shape index (κ2) is 2.92. The van der Waals surface area contributed by atoms with Crippen molar-refractivity contribution in [3.63, 3.8) is 0 Å². The van der Waals surface area contributed by atoms with Gasteiger partial charge in [-0.05, 0) is 6.07 Å². The monoisotopic (exact) mass is 223 g/mol. The number of fused-ring (bicyclic) bond motifs is 1. The van der Waals surface area contributed by atoms with Gasteiger partial charge in [-0.15, -0.1) is 0 Å². The molecule has 0 amide bonds. The summed E-state index contributed by atoms with van der Waals surface area (Å²) in [5.41, 5.74) is 1.14. The minimum absolute atomic E-state index is 0.250. The van der Waals surface area contributed by atoms with Crippen LogP contribution in [0.25, 0.3) is 0 Å². The molecule has 0 atom stereocenters. The first-order valence-electron chi connectivity index (χ1n) is 4.77. The highest BCUT2D eigenvalue weighted by atomic mass is 32.2. The normalized spacial score (nSPS) is 18.5. The molecule has 0 fully saturated rings. The van der Waals surface area contributed by atoms with Gasteiger partial charge in [0.2, 0.25) is 0 Å². The fraction of sp³-hybridized carbons (Fsp3) is 0.364. The molecule has 1 aromatic rings. The summed E-state index contributed by atoms with van der Waals surface area (Å²) in [6, 6.07) is 6.97. The Hall–Kier alpha value is -1.16. The average Bonchev–Trinajstić information content (AvgIpc) is 2.39. The van der Waals surface area contributed by atoms with Crippen LogP contribution in [0.1, 0.15) is 26.3 Å². The Kier molecular flexibility index (Phi) is 2.01. The molecule has 15 heavy (non-hydrogen) atoms. The van der Waals surface area contributed by atoms with Crippen LogP contribution in [0.4, 0.5) is 0 Å². The molecule has 3 nitrogen and oxygen atoms in total. The lowest BCUT2D eigenvalue weighted by molar-refractivity contribution is 0.589. The summed E-state index contributed by atoms with van der Waals surface area (Å²) in [6.07, 6.45) is 0. The van der Waals surface area contributed by atoms with Crippen LogP contribution in [0.15, 0.2) is 33.6 Å². The van der Waals surface area contributed by atoms with Gasteiger partial charge in [-0.1, -0.05) is 39.0 Å². The molecular weight excluding hydrogens is 210 g/mol. The molecule has 0 unspecified atom stereocenters. The molecule has 0 N–H and O–H groups in total. The summed E-state index contributed by atoms with van der Waals surface area (Å²) in [4.78, 5) is 0.329. The van der Waals surface area contributed by atoms with E-state index in [0.29, 0.717) is 10.6 Å². The van der Waals surface area contributed by atoms with Crippen molar-refractivity contribution in [2.75, 3.05) is 0 Å². The minimum atomic E-state index is -3.45. The van der Waals surface area contributed by atoms with Crippen LogP contribution in [-0.2, 0) is 10.0 Å². The Morgan fingerprint density at radius 1 is 1.13 bits per heavy atom. The summed E-state index contributed by atoms with van der Waals surface area (Å²) >= 11 is 0. The molecule has 80 valence electrons. The maximum atomic E-state index is 11.7. The van der Waals surface area contributed by atoms with E-state index in [4.69, 9.17) is 0 Å². The van der Waals surface area contributed by atoms with E-state index in [1.807, 2.05) is 32.9 Å². The topological polar surface area (TPSA) is 46.5 Å². The van der Waals surface area contributed by atoms with Gasteiger partial charge in [0, 0.05) is 11.0 Å². The lowest BCUT2D eigenvalue weighted by atomic mass is 9.86. The molecule has 0 aliphatic carbocycles. The van der Waals surface area contributed by atoms with Crippen molar-refractivity contribution in [1.82, 2.24) is 0 Å². The summed E-state index contributed by atoms with van der Waals surface area (Å²) in [7, 11) is -3.45. The lowest BCUT2D eigenvalue weighted by Crippen LogP contribution is -2.19. The van der Waals surface area contributed by atoms with Crippen molar-refractivity contribution in [2.45, 2.75) is 25.7 Å². The highest BCUT2D eigenvalue weighted by molar-refractivity contribution is 7.90. The van der Waals surface area contributed by atoms with Crippen LogP contribution < -0.4 is 0 Å². The Balaban J connectivity index is 2.75. The predicted molar refractivity (Wildman–Crippen MR) is 59.6 cm³/mol. The van der Waals surface area contributed by atoms with Gasteiger partial charge in [0.15, 0.2) is 0 Å². The Morgan fingerprint density at radius 3 is 2.33 bits per heavy atom. The number of hydrogen-bond donors (Lipinski definition) is 0. The SMILES string of the molecule is CC(C)(C)C1=NS(=O)(=O)c2ccccc21. The number of nitrogens with zero attached hydrogens (tertiary/aromatic N) is 1. The zero-order chi connectivity index (χ0) is 11.3. The zero-order valence-corrected chi connectivity index (χ0v) is 9.80. The van der Waals surface area contributed by atoms with Gasteiger partial charge in [-0.3, -0.25) is 0 Å². The molecule has 0 aromatic heterocycles. The van der Waals surface area contributed by atoms with Crippen LogP contribution in [0, 0.1) is 5.41 Å². The molecule has 1 aromatic carbocycles. The molecule has 4 heteroatoms. The average molecular weight is 223 g/mol. The first-order valence-corrected chi connectivity index (χ1v) is 6.21. The number of benzene rings is 1. The molecule has 0 saturated carbocycles. The van der Waals surface area contributed by atoms with E-state index in [0.717, 1.165) is 5.56 Å². The fourth-order valence-electron chi connectivity index (χ4n) is 1.65. The second-order valence-corrected chi connectivity index (χ2v) is 6.23. The van der Waals surface area contributed by atoms with Crippen molar-refractivity contribution in [2.24, 2.45) is 9.81 Å². The van der Waals surface area contributed by atoms with Crippen LogP contribution in [0.2, 0.25) is 0 Å². The molecule has 0 radical (unpaired) electrons. The number of hydrogen-bond acceptors (Lipinski definition) is 2. The highest BCUT2D eigenvalue weighted by Gasteiger charge is 2.34. The molecule has 0 spiro atoms. The van der Waals surface area contributed by atoms with Crippen molar-refractivity contribution in [3.8, 4) is 0 Å². The Morgan fingerprint density at radius 2 is 1.73 bits per heavy atom. The van der Waals surface area contributed by atoms with Gasteiger partial charge in [0.25, 0.3) is 10.0 Å². The lowest BCUT2D eigenvalue weighted by Gasteiger charge is -2.18. The first kappa shape index (κ1) is 10.4. The van der Waals surface area contributed by atoms with E-state index in [9.17, 15) is 8.42 Å². The maximum Gasteiger partial charge on any atom is 0.283 e. The number of sulfonamides is 1. The fourth-order valence-corrected chi connectivity index (χ4v) is 3.05. The van der Waals surface area contributed by atoms with E-state index in [1.54, 1.807) is 12.1 Å². The minimum Gasteiger partial charge on any atom is -0.199 e. The van der Waals surface area contributed by atoms with E-state index in [1.165, 1.54) is 0 Å². The molecule has 0 saturated heterocycles. The Labute approximate surface area is 89.9 Å². The third-order valence-corrected chi connectivity index (χ3v) is 3.68. The largest absolute Gasteiger partial charge is 0.283 e. The van der Waals surface area contributed by atoms with Gasteiger partial charge in [0.1, 0.15) is 0 Å². The van der Waals surface area contributed by atoms with Crippen LogP contribution in [0.5, 0.6) is 0 Å². The molecule has 1 aliphatic heterocycles. The van der Waals surface area contributed by atoms with E-state index in [-0.39, 0.29) is 5.41 Å². The predicted octanol–water partition coefficient (Wildman–Crippen LogP) is 2.22. The third-order valence-electron chi connectivity index (χ3n) is 2.34. The van der Waals surface area contributed by atoms with Crippen LogP contribution in [-0.4, -0.2) is 14.1 Å². The van der Waals surface area contributed by atoms with Crippen molar-refractivity contribution in [3.05, 3.63) is 29.8 Å². The van der Waals surface area contributed by atoms with Crippen molar-refractivity contribution >= 4 is 15.7 Å². The molecule has 0 bridgehead atoms. The quantitative estimate of drug-likeness (QED) is 0.677. The van der Waals surface area contributed by atoms with Gasteiger partial charge >= 0.3 is 0 Å². The van der Waals surface area contributed by atoms with Crippen molar-refractivity contribution in [1.29, 1.82) is 0 Å². The summed E-state index contributed by atoms with van der Waals surface area (Å²) in [6.45, 7) is 5.89. The Bertz CT molecular complexity index is 536. The van der Waals surface area contributed by atoms with E-state index >= 15 is 0 Å². The van der Waals surface area contributed by atoms with E-state index < -0.39 is 10.0 Å². The standard InChI is InChI=1S/C11H13NO2S/c1-11(2,3)10-8-6-4-5-7-9(8)15(13,14)12-10/h4-7H,1-3H3. The van der Waals surface area contributed by atoms with Gasteiger partial charge in [-0.25, -0.2) is 0 Å². The molecule has 2 rings (SSSR count). The second-order valence-electron chi connectivity index (χ2n) is 4.66. The smallest absolute Gasteiger partial charge is 0.199 e. The first-order chi connectivity index (χ1) is 6.82. The summed E-state index contributed by atoms with van der Waals surface area (Å²) in [5, 5.41) is 0. The highest BCUT2D eigenvalue weighted by Crippen LogP contribution is 2.33.